The number of rotatable bonds is 11. The van der Waals surface area contributed by atoms with Gasteiger partial charge in [0.2, 0.25) is 0 Å². The fourth-order valence-corrected chi connectivity index (χ4v) is 13.4. The molecule has 6 rings (SSSR count). The fraction of sp³-hybridized carbons (Fsp3) is 0.326. The van der Waals surface area contributed by atoms with Gasteiger partial charge in [-0.3, -0.25) is 9.78 Å². The van der Waals surface area contributed by atoms with Crippen molar-refractivity contribution < 1.29 is 26.9 Å². The van der Waals surface area contributed by atoms with Crippen LogP contribution in [0.2, 0.25) is 5.04 Å². The number of alkyl halides is 3. The molecule has 1 aliphatic rings. The van der Waals surface area contributed by atoms with Crippen molar-refractivity contribution in [3.8, 4) is 22.4 Å². The van der Waals surface area contributed by atoms with Crippen molar-refractivity contribution >= 4 is 36.0 Å². The second-order valence-corrected chi connectivity index (χ2v) is 22.3. The summed E-state index contributed by atoms with van der Waals surface area (Å²) in [6.45, 7) is 11.4. The van der Waals surface area contributed by atoms with Crippen LogP contribution in [0.15, 0.2) is 116 Å². The average molecular weight is 785 g/mol. The van der Waals surface area contributed by atoms with E-state index in [1.807, 2.05) is 103 Å². The second-order valence-electron chi connectivity index (χ2n) is 15.8. The summed E-state index contributed by atoms with van der Waals surface area (Å²) in [6.07, 6.45) is -0.717. The molecule has 2 aromatic heterocycles. The summed E-state index contributed by atoms with van der Waals surface area (Å²) < 4.78 is 62.6. The lowest BCUT2D eigenvalue weighted by atomic mass is 9.94. The quantitative estimate of drug-likeness (QED) is 0.107. The number of aromatic nitrogens is 2. The van der Waals surface area contributed by atoms with Crippen LogP contribution >= 0.6 is 0 Å². The van der Waals surface area contributed by atoms with Crippen molar-refractivity contribution in [2.75, 3.05) is 13.2 Å². The summed E-state index contributed by atoms with van der Waals surface area (Å²) in [7, 11) is -2.93. The van der Waals surface area contributed by atoms with E-state index >= 15 is 0 Å². The Morgan fingerprint density at radius 3 is 2.05 bits per heavy atom. The van der Waals surface area contributed by atoms with Gasteiger partial charge in [0.1, 0.15) is 17.0 Å². The lowest BCUT2D eigenvalue weighted by Gasteiger charge is -2.43. The van der Waals surface area contributed by atoms with Gasteiger partial charge in [0.15, 0.2) is 0 Å². The van der Waals surface area contributed by atoms with Gasteiger partial charge in [-0.05, 0) is 71.9 Å². The van der Waals surface area contributed by atoms with E-state index in [4.69, 9.17) is 9.41 Å². The number of fused-ring (bicyclic) bond motifs is 1. The molecular formula is C43H47F3N4O3SSi. The zero-order valence-corrected chi connectivity index (χ0v) is 33.8. The standard InChI is InChI=1S/C43H47F3N4O3SSi/c1-41(2,3)54(52)50-28-33-26-36(40(51)48-29-43(44,45)46)49-39(31-16-13-15-30(25-31)32-17-14-23-47-27-32)38(33)37(50)22-24-53-55(42(4,5)6,34-18-9-7-10-19-34)35-20-11-8-12-21-35/h7-21,23,25-27,37H,22,24,28-29H2,1-6H3,(H,48,51)/t37?,54-/m1/s1. The van der Waals surface area contributed by atoms with Gasteiger partial charge in [0.05, 0.1) is 18.3 Å². The number of halogens is 3. The molecule has 2 atom stereocenters. The monoisotopic (exact) mass is 784 g/mol. The molecule has 1 unspecified atom stereocenters. The number of hydrogen-bond donors (Lipinski definition) is 1. The predicted molar refractivity (Wildman–Crippen MR) is 216 cm³/mol. The maximum Gasteiger partial charge on any atom is 0.405 e. The molecule has 0 fully saturated rings. The molecule has 12 heteroatoms. The average Bonchev–Trinajstić information content (AvgIpc) is 3.52. The Morgan fingerprint density at radius 2 is 1.49 bits per heavy atom. The summed E-state index contributed by atoms with van der Waals surface area (Å²) in [4.78, 5) is 22.4. The number of pyridine rings is 2. The van der Waals surface area contributed by atoms with E-state index < -0.39 is 49.1 Å². The molecule has 1 aliphatic heterocycles. The minimum absolute atomic E-state index is 0.143. The van der Waals surface area contributed by atoms with Gasteiger partial charge in [-0.2, -0.15) is 13.2 Å². The Hall–Kier alpha value is -4.33. The first-order valence-corrected chi connectivity index (χ1v) is 21.3. The number of nitrogens with one attached hydrogen (secondary N) is 1. The summed E-state index contributed by atoms with van der Waals surface area (Å²) in [6, 6.07) is 33.2. The Balaban J connectivity index is 1.48. The third-order valence-electron chi connectivity index (χ3n) is 9.83. The minimum atomic E-state index is -4.59. The van der Waals surface area contributed by atoms with Crippen molar-refractivity contribution in [1.82, 2.24) is 19.6 Å². The number of carbonyl (C=O) groups is 1. The Morgan fingerprint density at radius 1 is 0.873 bits per heavy atom. The highest BCUT2D eigenvalue weighted by Crippen LogP contribution is 2.46. The van der Waals surface area contributed by atoms with E-state index in [9.17, 15) is 22.5 Å². The molecular weight excluding hydrogens is 738 g/mol. The molecule has 1 N–H and O–H groups in total. The molecule has 0 bridgehead atoms. The van der Waals surface area contributed by atoms with Crippen LogP contribution in [0.5, 0.6) is 0 Å². The van der Waals surface area contributed by atoms with Crippen LogP contribution in [0.3, 0.4) is 0 Å². The summed E-state index contributed by atoms with van der Waals surface area (Å²) in [5, 5.41) is 4.00. The first kappa shape index (κ1) is 40.3. The first-order valence-electron chi connectivity index (χ1n) is 18.3. The topological polar surface area (TPSA) is 90.4 Å². The predicted octanol–water partition coefficient (Wildman–Crippen LogP) is 8.39. The SMILES string of the molecule is CC(C)(C)[S@@+]([O-])N1Cc2cc(C(=O)NCC(F)(F)F)nc(-c3cccc(-c4cccnc4)c3)c2C1CCO[Si](c1ccccc1)(c1ccccc1)C(C)(C)C. The van der Waals surface area contributed by atoms with Gasteiger partial charge in [-0.15, -0.1) is 4.31 Å². The fourth-order valence-electron chi connectivity index (χ4n) is 7.42. The van der Waals surface area contributed by atoms with Crippen LogP contribution in [0.1, 0.15) is 75.6 Å². The van der Waals surface area contributed by atoms with Crippen molar-refractivity contribution in [2.45, 2.75) is 76.5 Å². The Kier molecular flexibility index (Phi) is 11.8. The minimum Gasteiger partial charge on any atom is -0.597 e. The highest BCUT2D eigenvalue weighted by molar-refractivity contribution is 7.90. The molecule has 3 aromatic carbocycles. The van der Waals surface area contributed by atoms with Gasteiger partial charge in [-0.1, -0.05) is 106 Å². The highest BCUT2D eigenvalue weighted by atomic mass is 32.2. The van der Waals surface area contributed by atoms with Crippen LogP contribution in [0.4, 0.5) is 13.2 Å². The molecule has 7 nitrogen and oxygen atoms in total. The molecule has 0 saturated carbocycles. The lowest BCUT2D eigenvalue weighted by Crippen LogP contribution is -2.66. The van der Waals surface area contributed by atoms with E-state index in [1.165, 1.54) is 0 Å². The normalized spacial score (nSPS) is 15.8. The third-order valence-corrected chi connectivity index (χ3v) is 16.7. The lowest BCUT2D eigenvalue weighted by molar-refractivity contribution is -0.123. The van der Waals surface area contributed by atoms with E-state index in [2.05, 4.69) is 50.0 Å². The van der Waals surface area contributed by atoms with Crippen molar-refractivity contribution in [2.24, 2.45) is 0 Å². The van der Waals surface area contributed by atoms with E-state index in [1.54, 1.807) is 18.5 Å². The van der Waals surface area contributed by atoms with Crippen LogP contribution in [-0.2, 0) is 22.3 Å². The third kappa shape index (κ3) is 8.73. The van der Waals surface area contributed by atoms with Crippen LogP contribution < -0.4 is 15.7 Å². The number of nitrogens with zero attached hydrogens (tertiary/aromatic N) is 3. The summed E-state index contributed by atoms with van der Waals surface area (Å²) in [5.41, 5.74) is 4.16. The molecule has 0 spiro atoms. The molecule has 0 saturated heterocycles. The molecule has 3 heterocycles. The summed E-state index contributed by atoms with van der Waals surface area (Å²) >= 11 is -1.51. The number of hydrogen-bond acceptors (Lipinski definition) is 6. The van der Waals surface area contributed by atoms with Crippen molar-refractivity contribution in [3.63, 3.8) is 0 Å². The zero-order valence-electron chi connectivity index (χ0n) is 32.0. The van der Waals surface area contributed by atoms with E-state index in [-0.39, 0.29) is 17.3 Å². The Labute approximate surface area is 325 Å². The van der Waals surface area contributed by atoms with Crippen molar-refractivity contribution in [3.05, 3.63) is 132 Å². The van der Waals surface area contributed by atoms with Crippen LogP contribution in [-0.4, -0.2) is 57.1 Å². The van der Waals surface area contributed by atoms with Gasteiger partial charge < -0.3 is 14.3 Å². The molecule has 5 aromatic rings. The van der Waals surface area contributed by atoms with E-state index in [0.29, 0.717) is 29.8 Å². The smallest absolute Gasteiger partial charge is 0.405 e. The second kappa shape index (κ2) is 16.0. The largest absolute Gasteiger partial charge is 0.597 e. The van der Waals surface area contributed by atoms with Crippen molar-refractivity contribution in [1.29, 1.82) is 0 Å². The van der Waals surface area contributed by atoms with Gasteiger partial charge >= 0.3 is 6.18 Å². The first-order chi connectivity index (χ1) is 26.0. The number of carbonyl (C=O) groups excluding carboxylic acids is 1. The molecule has 1 amide bonds. The maximum absolute atomic E-state index is 14.4. The van der Waals surface area contributed by atoms with Crippen LogP contribution in [0, 0.1) is 0 Å². The number of amides is 1. The van der Waals surface area contributed by atoms with E-state index in [0.717, 1.165) is 27.1 Å². The van der Waals surface area contributed by atoms with Gasteiger partial charge in [-0.25, -0.2) is 4.98 Å². The van der Waals surface area contributed by atoms with Crippen LogP contribution in [0.25, 0.3) is 22.4 Å². The zero-order chi connectivity index (χ0) is 39.6. The highest BCUT2D eigenvalue weighted by Gasteiger charge is 2.51. The maximum atomic E-state index is 14.4. The molecule has 55 heavy (non-hydrogen) atoms. The molecule has 0 aliphatic carbocycles. The van der Waals surface area contributed by atoms with Gasteiger partial charge in [0.25, 0.3) is 14.2 Å². The van der Waals surface area contributed by atoms with Gasteiger partial charge in [0, 0.05) is 47.1 Å². The molecule has 0 radical (unpaired) electrons. The summed E-state index contributed by atoms with van der Waals surface area (Å²) in [5.74, 6) is -0.938. The number of benzene rings is 3. The molecule has 288 valence electrons. The Bertz CT molecular complexity index is 2050.